The lowest BCUT2D eigenvalue weighted by Crippen LogP contribution is -2.84. The molecule has 4 atom stereocenters. The fourth-order valence-electron chi connectivity index (χ4n) is 4.92. The molecule has 3 rings (SSSR count). The van der Waals surface area contributed by atoms with E-state index in [0.29, 0.717) is 0 Å². The first-order valence-electron chi connectivity index (χ1n) is 5.43. The van der Waals surface area contributed by atoms with E-state index in [1.54, 1.807) is 6.42 Å². The molecule has 2 aliphatic carbocycles. The first-order chi connectivity index (χ1) is 5.60. The van der Waals surface area contributed by atoms with E-state index in [1.807, 2.05) is 0 Å². The molecule has 1 aliphatic heterocycles. The molecule has 2 saturated carbocycles. The average molecular weight is 166 g/mol. The molecule has 0 aromatic rings. The quantitative estimate of drug-likeness (QED) is 0.483. The van der Waals surface area contributed by atoms with E-state index in [1.165, 1.54) is 23.7 Å². The standard InChI is InChI=1S/C11H20N/c1-8-7-10-11(8)6-4-5-9(11)12(10,2)3/h8-10H,4-7H2,1-3H3/q+1. The Kier molecular flexibility index (Phi) is 1.07. The molecule has 68 valence electrons. The van der Waals surface area contributed by atoms with Gasteiger partial charge >= 0.3 is 0 Å². The first-order valence-corrected chi connectivity index (χ1v) is 5.43. The smallest absolute Gasteiger partial charge is 0.101 e. The highest BCUT2D eigenvalue weighted by atomic mass is 15.5. The predicted molar refractivity (Wildman–Crippen MR) is 49.7 cm³/mol. The summed E-state index contributed by atoms with van der Waals surface area (Å²) in [6.07, 6.45) is 6.07. The van der Waals surface area contributed by atoms with Crippen LogP contribution >= 0.6 is 0 Å². The minimum atomic E-state index is 0.837. The maximum Gasteiger partial charge on any atom is 0.101 e. The SMILES string of the molecule is CC1CC2C13CCCC3[N+]2(C)C. The van der Waals surface area contributed by atoms with E-state index in [9.17, 15) is 0 Å². The summed E-state index contributed by atoms with van der Waals surface area (Å²) < 4.78 is 1.35. The molecule has 0 bridgehead atoms. The van der Waals surface area contributed by atoms with Gasteiger partial charge in [-0.15, -0.1) is 0 Å². The molecule has 0 N–H and O–H groups in total. The third-order valence-electron chi connectivity index (χ3n) is 5.43. The summed E-state index contributed by atoms with van der Waals surface area (Å²) in [6.45, 7) is 2.48. The predicted octanol–water partition coefficient (Wildman–Crippen LogP) is 2.02. The van der Waals surface area contributed by atoms with Gasteiger partial charge in [0, 0.05) is 12.8 Å². The second-order valence-corrected chi connectivity index (χ2v) is 5.80. The van der Waals surface area contributed by atoms with Crippen molar-refractivity contribution < 1.29 is 4.48 Å². The van der Waals surface area contributed by atoms with Gasteiger partial charge in [-0.1, -0.05) is 6.92 Å². The van der Waals surface area contributed by atoms with Crippen LogP contribution in [0.15, 0.2) is 0 Å². The van der Waals surface area contributed by atoms with Crippen LogP contribution in [-0.4, -0.2) is 30.7 Å². The molecule has 3 aliphatic rings. The second-order valence-electron chi connectivity index (χ2n) is 5.80. The van der Waals surface area contributed by atoms with Gasteiger partial charge in [0.05, 0.1) is 19.5 Å². The largest absolute Gasteiger partial charge is 0.322 e. The van der Waals surface area contributed by atoms with Gasteiger partial charge in [-0.05, 0) is 18.8 Å². The molecule has 1 nitrogen and oxygen atoms in total. The zero-order valence-corrected chi connectivity index (χ0v) is 8.51. The molecule has 12 heavy (non-hydrogen) atoms. The normalized spacial score (nSPS) is 59.8. The molecule has 1 saturated heterocycles. The summed E-state index contributed by atoms with van der Waals surface area (Å²) in [5.41, 5.74) is 0.837. The van der Waals surface area contributed by atoms with Crippen molar-refractivity contribution in [1.82, 2.24) is 0 Å². The van der Waals surface area contributed by atoms with Crippen molar-refractivity contribution in [1.29, 1.82) is 0 Å². The van der Waals surface area contributed by atoms with Gasteiger partial charge in [-0.25, -0.2) is 0 Å². The number of likely N-dealkylation sites (tertiary alicyclic amines) is 1. The molecule has 1 heteroatoms. The summed E-state index contributed by atoms with van der Waals surface area (Å²) in [5, 5.41) is 0. The molecule has 0 aromatic carbocycles. The van der Waals surface area contributed by atoms with E-state index >= 15 is 0 Å². The molecule has 1 heterocycles. The van der Waals surface area contributed by atoms with Crippen LogP contribution in [0.3, 0.4) is 0 Å². The zero-order chi connectivity index (χ0) is 8.56. The van der Waals surface area contributed by atoms with Crippen LogP contribution in [0, 0.1) is 11.3 Å². The molecule has 3 fully saturated rings. The number of piperidine rings is 1. The lowest BCUT2D eigenvalue weighted by Gasteiger charge is -2.73. The number of rotatable bonds is 0. The molecule has 0 amide bonds. The van der Waals surface area contributed by atoms with E-state index in [2.05, 4.69) is 21.0 Å². The summed E-state index contributed by atoms with van der Waals surface area (Å²) in [7, 11) is 4.90. The Hall–Kier alpha value is -0.0400. The Bertz CT molecular complexity index is 233. The summed E-state index contributed by atoms with van der Waals surface area (Å²) >= 11 is 0. The fourth-order valence-corrected chi connectivity index (χ4v) is 4.92. The second kappa shape index (κ2) is 1.75. The van der Waals surface area contributed by atoms with Crippen molar-refractivity contribution in [2.24, 2.45) is 11.3 Å². The van der Waals surface area contributed by atoms with Gasteiger partial charge in [-0.3, -0.25) is 0 Å². The highest BCUT2D eigenvalue weighted by Crippen LogP contribution is 2.70. The maximum atomic E-state index is 2.48. The van der Waals surface area contributed by atoms with Gasteiger partial charge in [0.2, 0.25) is 0 Å². The van der Waals surface area contributed by atoms with Crippen molar-refractivity contribution in [3.05, 3.63) is 0 Å². The van der Waals surface area contributed by atoms with Crippen LogP contribution in [0.5, 0.6) is 0 Å². The van der Waals surface area contributed by atoms with E-state index < -0.39 is 0 Å². The number of nitrogens with zero attached hydrogens (tertiary/aromatic N) is 1. The van der Waals surface area contributed by atoms with Gasteiger partial charge in [0.15, 0.2) is 0 Å². The van der Waals surface area contributed by atoms with Gasteiger partial charge < -0.3 is 4.48 Å². The lowest BCUT2D eigenvalue weighted by molar-refractivity contribution is -1.02. The fraction of sp³-hybridized carbons (Fsp3) is 1.00. The van der Waals surface area contributed by atoms with E-state index in [4.69, 9.17) is 0 Å². The summed E-state index contributed by atoms with van der Waals surface area (Å²) in [5.74, 6) is 1.04. The van der Waals surface area contributed by atoms with Crippen LogP contribution < -0.4 is 0 Å². The molecule has 1 spiro atoms. The van der Waals surface area contributed by atoms with Crippen molar-refractivity contribution in [3.8, 4) is 0 Å². The molecular formula is C11H20N+. The van der Waals surface area contributed by atoms with Crippen molar-refractivity contribution in [2.75, 3.05) is 14.1 Å². The van der Waals surface area contributed by atoms with Crippen LogP contribution in [0.1, 0.15) is 32.6 Å². The van der Waals surface area contributed by atoms with Crippen LogP contribution in [-0.2, 0) is 0 Å². The Morgan fingerprint density at radius 3 is 2.58 bits per heavy atom. The summed E-state index contributed by atoms with van der Waals surface area (Å²) in [4.78, 5) is 0. The van der Waals surface area contributed by atoms with Crippen LogP contribution in [0.4, 0.5) is 0 Å². The van der Waals surface area contributed by atoms with E-state index in [-0.39, 0.29) is 0 Å². The number of hydrogen-bond acceptors (Lipinski definition) is 0. The molecule has 0 radical (unpaired) electrons. The number of quaternary nitrogens is 1. The Balaban J connectivity index is 1.98. The maximum absolute atomic E-state index is 2.48. The van der Waals surface area contributed by atoms with Gasteiger partial charge in [0.1, 0.15) is 12.1 Å². The highest BCUT2D eigenvalue weighted by Gasteiger charge is 2.78. The Labute approximate surface area is 75.3 Å². The average Bonchev–Trinajstić information content (AvgIpc) is 2.44. The van der Waals surface area contributed by atoms with Gasteiger partial charge in [-0.2, -0.15) is 0 Å². The van der Waals surface area contributed by atoms with Crippen LogP contribution in [0.2, 0.25) is 0 Å². The Morgan fingerprint density at radius 2 is 2.00 bits per heavy atom. The van der Waals surface area contributed by atoms with Crippen molar-refractivity contribution in [2.45, 2.75) is 44.7 Å². The summed E-state index contributed by atoms with van der Waals surface area (Å²) in [6, 6.07) is 2.08. The third-order valence-corrected chi connectivity index (χ3v) is 5.43. The molecule has 0 aromatic heterocycles. The minimum Gasteiger partial charge on any atom is -0.322 e. The number of hydrogen-bond donors (Lipinski definition) is 0. The monoisotopic (exact) mass is 166 g/mol. The van der Waals surface area contributed by atoms with Gasteiger partial charge in [0.25, 0.3) is 0 Å². The zero-order valence-electron chi connectivity index (χ0n) is 8.51. The first kappa shape index (κ1) is 7.37. The van der Waals surface area contributed by atoms with Crippen molar-refractivity contribution in [3.63, 3.8) is 0 Å². The highest BCUT2D eigenvalue weighted by molar-refractivity contribution is 5.15. The molecule has 4 unspecified atom stereocenters. The topological polar surface area (TPSA) is 0 Å². The third kappa shape index (κ3) is 0.477. The van der Waals surface area contributed by atoms with Crippen LogP contribution in [0.25, 0.3) is 0 Å². The van der Waals surface area contributed by atoms with E-state index in [0.717, 1.165) is 23.4 Å². The lowest BCUT2D eigenvalue weighted by atomic mass is 9.46. The Morgan fingerprint density at radius 1 is 1.25 bits per heavy atom. The molecular weight excluding hydrogens is 146 g/mol. The minimum absolute atomic E-state index is 0.837. The van der Waals surface area contributed by atoms with Crippen molar-refractivity contribution >= 4 is 0 Å².